The van der Waals surface area contributed by atoms with Crippen LogP contribution in [0, 0.1) is 0 Å². The Kier molecular flexibility index (Phi) is 7.44. The molecule has 0 unspecified atom stereocenters. The molecule has 0 bridgehead atoms. The first-order valence-electron chi connectivity index (χ1n) is 18.4. The topological polar surface area (TPSA) is 43.6 Å². The SMILES string of the molecule is CC1(C)c2cc(-c3ccc(-c4nc5ccccc5n4-c4ccccc4)cc3)ccc2-c2ccc(-c3cc(-c4ccccc4)nc(-c4ccccc4)n3)cc21. The Morgan fingerprint density at radius 1 is 0.407 bits per heavy atom. The van der Waals surface area contributed by atoms with Gasteiger partial charge in [-0.15, -0.1) is 0 Å². The normalized spacial score (nSPS) is 12.8. The maximum absolute atomic E-state index is 5.12. The Morgan fingerprint density at radius 3 is 1.61 bits per heavy atom. The van der Waals surface area contributed by atoms with Crippen molar-refractivity contribution in [3.05, 3.63) is 193 Å². The second kappa shape index (κ2) is 12.6. The molecule has 9 aromatic rings. The van der Waals surface area contributed by atoms with Crippen LogP contribution in [-0.2, 0) is 5.41 Å². The zero-order chi connectivity index (χ0) is 36.2. The summed E-state index contributed by atoms with van der Waals surface area (Å²) in [7, 11) is 0. The summed E-state index contributed by atoms with van der Waals surface area (Å²) in [6.45, 7) is 4.68. The van der Waals surface area contributed by atoms with Crippen molar-refractivity contribution < 1.29 is 0 Å². The lowest BCUT2D eigenvalue weighted by atomic mass is 9.81. The van der Waals surface area contributed by atoms with Crippen LogP contribution in [0.2, 0.25) is 0 Å². The van der Waals surface area contributed by atoms with Crippen LogP contribution >= 0.6 is 0 Å². The maximum atomic E-state index is 5.12. The Labute approximate surface area is 315 Å². The second-order valence-corrected chi connectivity index (χ2v) is 14.5. The zero-order valence-corrected chi connectivity index (χ0v) is 30.1. The average Bonchev–Trinajstić information content (AvgIpc) is 3.74. The molecule has 1 aliphatic rings. The molecular formula is C50H36N4. The minimum Gasteiger partial charge on any atom is -0.292 e. The fourth-order valence-electron chi connectivity index (χ4n) is 8.01. The minimum atomic E-state index is -0.200. The first-order chi connectivity index (χ1) is 26.5. The molecule has 0 amide bonds. The summed E-state index contributed by atoms with van der Waals surface area (Å²) in [5.74, 6) is 1.66. The highest BCUT2D eigenvalue weighted by Crippen LogP contribution is 2.50. The number of para-hydroxylation sites is 3. The molecule has 0 fully saturated rings. The van der Waals surface area contributed by atoms with Crippen LogP contribution in [0.3, 0.4) is 0 Å². The predicted octanol–water partition coefficient (Wildman–Crippen LogP) is 12.5. The summed E-state index contributed by atoms with van der Waals surface area (Å²) in [6, 6.07) is 64.2. The van der Waals surface area contributed by atoms with Gasteiger partial charge in [-0.25, -0.2) is 15.0 Å². The summed E-state index contributed by atoms with van der Waals surface area (Å²) >= 11 is 0. The third kappa shape index (κ3) is 5.34. The van der Waals surface area contributed by atoms with Crippen LogP contribution in [0.5, 0.6) is 0 Å². The van der Waals surface area contributed by atoms with E-state index in [1.54, 1.807) is 0 Å². The van der Waals surface area contributed by atoms with Crippen LogP contribution in [-0.4, -0.2) is 19.5 Å². The molecule has 4 heteroatoms. The van der Waals surface area contributed by atoms with E-state index in [-0.39, 0.29) is 5.41 Å². The highest BCUT2D eigenvalue weighted by atomic mass is 15.1. The lowest BCUT2D eigenvalue weighted by Gasteiger charge is -2.22. The molecule has 7 aromatic carbocycles. The van der Waals surface area contributed by atoms with Crippen molar-refractivity contribution in [1.82, 2.24) is 19.5 Å². The van der Waals surface area contributed by atoms with Crippen molar-refractivity contribution in [1.29, 1.82) is 0 Å². The fraction of sp³-hybridized carbons (Fsp3) is 0.0600. The van der Waals surface area contributed by atoms with Crippen LogP contribution in [0.15, 0.2) is 182 Å². The number of rotatable bonds is 6. The molecule has 0 spiro atoms. The molecule has 0 saturated carbocycles. The van der Waals surface area contributed by atoms with Crippen LogP contribution < -0.4 is 0 Å². The number of nitrogens with zero attached hydrogens (tertiary/aromatic N) is 4. The van der Waals surface area contributed by atoms with Crippen molar-refractivity contribution in [3.63, 3.8) is 0 Å². The van der Waals surface area contributed by atoms with Gasteiger partial charge in [0.05, 0.1) is 22.4 Å². The Morgan fingerprint density at radius 2 is 0.926 bits per heavy atom. The summed E-state index contributed by atoms with van der Waals surface area (Å²) in [5.41, 5.74) is 16.6. The van der Waals surface area contributed by atoms with E-state index < -0.39 is 0 Å². The van der Waals surface area contributed by atoms with Gasteiger partial charge in [0.1, 0.15) is 5.82 Å². The van der Waals surface area contributed by atoms with Crippen molar-refractivity contribution in [2.75, 3.05) is 0 Å². The number of imidazole rings is 1. The zero-order valence-electron chi connectivity index (χ0n) is 30.1. The Hall–Kier alpha value is -6.91. The van der Waals surface area contributed by atoms with E-state index in [1.807, 2.05) is 36.4 Å². The van der Waals surface area contributed by atoms with Gasteiger partial charge >= 0.3 is 0 Å². The smallest absolute Gasteiger partial charge is 0.160 e. The third-order valence-corrected chi connectivity index (χ3v) is 10.9. The Balaban J connectivity index is 1.00. The van der Waals surface area contributed by atoms with Gasteiger partial charge in [-0.2, -0.15) is 0 Å². The van der Waals surface area contributed by atoms with Gasteiger partial charge in [0.2, 0.25) is 0 Å². The molecule has 2 heterocycles. The predicted molar refractivity (Wildman–Crippen MR) is 221 cm³/mol. The van der Waals surface area contributed by atoms with E-state index in [0.717, 1.165) is 62.0 Å². The van der Waals surface area contributed by atoms with Crippen molar-refractivity contribution >= 4 is 11.0 Å². The van der Waals surface area contributed by atoms with Gasteiger partial charge in [-0.1, -0.05) is 153 Å². The molecule has 10 rings (SSSR count). The molecule has 0 saturated heterocycles. The van der Waals surface area contributed by atoms with E-state index in [1.165, 1.54) is 33.4 Å². The van der Waals surface area contributed by atoms with Gasteiger partial charge in [-0.05, 0) is 75.8 Å². The van der Waals surface area contributed by atoms with Gasteiger partial charge in [0.25, 0.3) is 0 Å². The summed E-state index contributed by atoms with van der Waals surface area (Å²) < 4.78 is 2.25. The number of hydrogen-bond acceptors (Lipinski definition) is 3. The average molecular weight is 693 g/mol. The monoisotopic (exact) mass is 692 g/mol. The van der Waals surface area contributed by atoms with Crippen molar-refractivity contribution in [3.8, 4) is 73.2 Å². The van der Waals surface area contributed by atoms with Crippen LogP contribution in [0.1, 0.15) is 25.0 Å². The number of hydrogen-bond donors (Lipinski definition) is 0. The highest BCUT2D eigenvalue weighted by Gasteiger charge is 2.36. The first-order valence-corrected chi connectivity index (χ1v) is 18.4. The van der Waals surface area contributed by atoms with Crippen molar-refractivity contribution in [2.45, 2.75) is 19.3 Å². The summed E-state index contributed by atoms with van der Waals surface area (Å²) in [6.07, 6.45) is 0. The molecule has 256 valence electrons. The largest absolute Gasteiger partial charge is 0.292 e. The molecule has 4 nitrogen and oxygen atoms in total. The van der Waals surface area contributed by atoms with E-state index in [9.17, 15) is 0 Å². The Bertz CT molecular complexity index is 2760. The second-order valence-electron chi connectivity index (χ2n) is 14.5. The van der Waals surface area contributed by atoms with E-state index in [4.69, 9.17) is 15.0 Å². The van der Waals surface area contributed by atoms with E-state index in [2.05, 4.69) is 164 Å². The molecule has 54 heavy (non-hydrogen) atoms. The van der Waals surface area contributed by atoms with Gasteiger partial charge < -0.3 is 0 Å². The highest BCUT2D eigenvalue weighted by molar-refractivity contribution is 5.87. The number of benzene rings is 7. The number of aromatic nitrogens is 4. The maximum Gasteiger partial charge on any atom is 0.160 e. The van der Waals surface area contributed by atoms with Gasteiger partial charge in [0.15, 0.2) is 5.82 Å². The molecule has 0 N–H and O–H groups in total. The minimum absolute atomic E-state index is 0.200. The first kappa shape index (κ1) is 31.8. The van der Waals surface area contributed by atoms with Crippen LogP contribution in [0.4, 0.5) is 0 Å². The lowest BCUT2D eigenvalue weighted by Crippen LogP contribution is -2.15. The van der Waals surface area contributed by atoms with Crippen LogP contribution in [0.25, 0.3) is 84.3 Å². The number of fused-ring (bicyclic) bond motifs is 4. The molecule has 0 aliphatic heterocycles. The van der Waals surface area contributed by atoms with E-state index >= 15 is 0 Å². The molecule has 2 aromatic heterocycles. The molecular weight excluding hydrogens is 657 g/mol. The third-order valence-electron chi connectivity index (χ3n) is 10.9. The van der Waals surface area contributed by atoms with Crippen molar-refractivity contribution in [2.24, 2.45) is 0 Å². The fourth-order valence-corrected chi connectivity index (χ4v) is 8.01. The van der Waals surface area contributed by atoms with Gasteiger partial charge in [-0.3, -0.25) is 4.57 Å². The van der Waals surface area contributed by atoms with E-state index in [0.29, 0.717) is 0 Å². The quantitative estimate of drug-likeness (QED) is 0.174. The molecule has 0 atom stereocenters. The summed E-state index contributed by atoms with van der Waals surface area (Å²) in [5, 5.41) is 0. The molecule has 0 radical (unpaired) electrons. The summed E-state index contributed by atoms with van der Waals surface area (Å²) in [4.78, 5) is 15.2. The standard InChI is InChI=1S/C50H36N4/c1-50(2)42-30-37(33-22-24-36(25-23-33)49-53-44-20-12-13-21-47(44)54(49)39-18-10-5-11-19-39)26-28-40(42)41-29-27-38(31-43(41)50)46-32-45(34-14-6-3-7-15-34)51-48(52-46)35-16-8-4-9-17-35/h3-32H,1-2H3. The molecule has 1 aliphatic carbocycles. The lowest BCUT2D eigenvalue weighted by molar-refractivity contribution is 0.661. The van der Waals surface area contributed by atoms with Gasteiger partial charge in [0, 0.05) is 33.4 Å².